The number of hydrogen-bond donors (Lipinski definition) is 1. The van der Waals surface area contributed by atoms with E-state index >= 15 is 0 Å². The van der Waals surface area contributed by atoms with Gasteiger partial charge in [0.25, 0.3) is 0 Å². The zero-order chi connectivity index (χ0) is 27.1. The van der Waals surface area contributed by atoms with Crippen LogP contribution in [0.3, 0.4) is 0 Å². The molecule has 2 atom stereocenters. The fourth-order valence-corrected chi connectivity index (χ4v) is 4.97. The number of fused-ring (bicyclic) bond motifs is 1. The van der Waals surface area contributed by atoms with Crippen molar-refractivity contribution in [3.63, 3.8) is 0 Å². The average molecular weight is 539 g/mol. The Morgan fingerprint density at radius 2 is 1.68 bits per heavy atom. The number of ether oxygens (including phenoxy) is 4. The van der Waals surface area contributed by atoms with E-state index < -0.39 is 22.4 Å². The molecule has 0 saturated carbocycles. The second kappa shape index (κ2) is 12.3. The summed E-state index contributed by atoms with van der Waals surface area (Å²) in [4.78, 5) is 12.5. The Hall–Kier alpha value is -3.52. The molecule has 0 aromatic heterocycles. The van der Waals surface area contributed by atoms with E-state index in [1.165, 1.54) is 0 Å². The monoisotopic (exact) mass is 538 g/mol. The summed E-state index contributed by atoms with van der Waals surface area (Å²) in [6, 6.07) is 18.6. The maximum Gasteiger partial charge on any atom is 0.348 e. The molecule has 0 spiro atoms. The molecule has 1 heterocycles. The molecule has 0 amide bonds. The van der Waals surface area contributed by atoms with Gasteiger partial charge in [-0.25, -0.2) is 4.79 Å². The number of benzene rings is 3. The summed E-state index contributed by atoms with van der Waals surface area (Å²) in [5, 5.41) is 9.65. The number of aryl methyl sites for hydroxylation is 2. The van der Waals surface area contributed by atoms with Crippen LogP contribution in [0.1, 0.15) is 44.2 Å². The number of carbonyl (C=O) groups is 1. The smallest absolute Gasteiger partial charge is 0.348 e. The maximum atomic E-state index is 11.8. The van der Waals surface area contributed by atoms with Crippen molar-refractivity contribution in [2.75, 3.05) is 19.5 Å². The maximum absolute atomic E-state index is 11.8. The summed E-state index contributed by atoms with van der Waals surface area (Å²) < 4.78 is 35.4. The first kappa shape index (κ1) is 27.5. The van der Waals surface area contributed by atoms with E-state index in [4.69, 9.17) is 18.9 Å². The standard InChI is InChI=1S/C30H34O7S/c1-4-6-22-19-25(36-23-9-12-26(13-10-23)38(3)33)11-14-27(22)35-18-17-34-24-8-7-21-15-16-30(5-2,29(31)32)37-28(21)20-24/h7-14,19-20H,4-6,15-18H2,1-3H3,(H,31,32). The van der Waals surface area contributed by atoms with Crippen molar-refractivity contribution in [3.8, 4) is 28.7 Å². The third-order valence-electron chi connectivity index (χ3n) is 6.66. The van der Waals surface area contributed by atoms with Crippen LogP contribution >= 0.6 is 0 Å². The average Bonchev–Trinajstić information content (AvgIpc) is 2.92. The lowest BCUT2D eigenvalue weighted by molar-refractivity contribution is -0.157. The minimum Gasteiger partial charge on any atom is -0.490 e. The molecule has 1 N–H and O–H groups in total. The lowest BCUT2D eigenvalue weighted by Gasteiger charge is -2.34. The highest BCUT2D eigenvalue weighted by molar-refractivity contribution is 7.84. The van der Waals surface area contributed by atoms with Crippen LogP contribution in [0.25, 0.3) is 0 Å². The van der Waals surface area contributed by atoms with Crippen LogP contribution < -0.4 is 18.9 Å². The Bertz CT molecular complexity index is 1290. The molecule has 0 saturated heterocycles. The van der Waals surface area contributed by atoms with Crippen molar-refractivity contribution in [2.45, 2.75) is 56.4 Å². The Balaban J connectivity index is 1.35. The lowest BCUT2D eigenvalue weighted by atomic mass is 9.89. The molecule has 0 bridgehead atoms. The first-order valence-electron chi connectivity index (χ1n) is 12.9. The van der Waals surface area contributed by atoms with Gasteiger partial charge in [-0.15, -0.1) is 0 Å². The van der Waals surface area contributed by atoms with Gasteiger partial charge in [-0.2, -0.15) is 0 Å². The summed E-state index contributed by atoms with van der Waals surface area (Å²) >= 11 is 0. The molecule has 8 heteroatoms. The number of hydrogen-bond acceptors (Lipinski definition) is 6. The summed E-state index contributed by atoms with van der Waals surface area (Å²) in [6.07, 6.45) is 4.96. The molecule has 1 aliphatic rings. The highest BCUT2D eigenvalue weighted by Crippen LogP contribution is 2.37. The minimum absolute atomic E-state index is 0.325. The molecule has 2 unspecified atom stereocenters. The van der Waals surface area contributed by atoms with Crippen LogP contribution in [-0.4, -0.2) is 40.4 Å². The predicted octanol–water partition coefficient (Wildman–Crippen LogP) is 6.19. The molecule has 0 fully saturated rings. The fourth-order valence-electron chi connectivity index (χ4n) is 4.45. The zero-order valence-electron chi connectivity index (χ0n) is 22.0. The topological polar surface area (TPSA) is 91.3 Å². The molecule has 1 aliphatic heterocycles. The van der Waals surface area contributed by atoms with Gasteiger partial charge >= 0.3 is 5.97 Å². The molecule has 3 aromatic rings. The van der Waals surface area contributed by atoms with Crippen molar-refractivity contribution in [2.24, 2.45) is 0 Å². The van der Waals surface area contributed by atoms with Crippen LogP contribution in [-0.2, 0) is 28.4 Å². The Morgan fingerprint density at radius 3 is 2.37 bits per heavy atom. The van der Waals surface area contributed by atoms with Crippen molar-refractivity contribution >= 4 is 16.8 Å². The SMILES string of the molecule is CCCc1cc(Oc2ccc(S(C)=O)cc2)ccc1OCCOc1ccc2c(c1)OC(CC)(C(=O)O)CC2. The van der Waals surface area contributed by atoms with Gasteiger partial charge in [0.15, 0.2) is 0 Å². The second-order valence-corrected chi connectivity index (χ2v) is 10.6. The Morgan fingerprint density at radius 1 is 0.974 bits per heavy atom. The van der Waals surface area contributed by atoms with Gasteiger partial charge in [0.1, 0.15) is 42.0 Å². The van der Waals surface area contributed by atoms with Crippen molar-refractivity contribution in [1.82, 2.24) is 0 Å². The number of carboxylic acids is 1. The van der Waals surface area contributed by atoms with E-state index in [0.717, 1.165) is 34.6 Å². The quantitative estimate of drug-likeness (QED) is 0.275. The highest BCUT2D eigenvalue weighted by atomic mass is 32.2. The first-order valence-corrected chi connectivity index (χ1v) is 14.4. The predicted molar refractivity (Wildman–Crippen MR) is 146 cm³/mol. The summed E-state index contributed by atoms with van der Waals surface area (Å²) in [5.41, 5.74) is 0.851. The van der Waals surface area contributed by atoms with Gasteiger partial charge in [0.05, 0.1) is 0 Å². The van der Waals surface area contributed by atoms with Crippen LogP contribution in [0.5, 0.6) is 28.7 Å². The third-order valence-corrected chi connectivity index (χ3v) is 7.59. The van der Waals surface area contributed by atoms with E-state index in [1.54, 1.807) is 24.5 Å². The normalized spacial score (nSPS) is 17.1. The zero-order valence-corrected chi connectivity index (χ0v) is 22.8. The van der Waals surface area contributed by atoms with E-state index in [0.29, 0.717) is 55.5 Å². The van der Waals surface area contributed by atoms with Crippen molar-refractivity contribution < 1.29 is 33.1 Å². The van der Waals surface area contributed by atoms with Gasteiger partial charge in [0, 0.05) is 34.4 Å². The summed E-state index contributed by atoms with van der Waals surface area (Å²) in [7, 11) is -1.03. The van der Waals surface area contributed by atoms with Gasteiger partial charge < -0.3 is 24.1 Å². The first-order chi connectivity index (χ1) is 18.3. The molecule has 0 aliphatic carbocycles. The van der Waals surface area contributed by atoms with E-state index in [2.05, 4.69) is 6.92 Å². The Labute approximate surface area is 226 Å². The molecule has 0 radical (unpaired) electrons. The number of aliphatic carboxylic acids is 1. The van der Waals surface area contributed by atoms with Crippen LogP contribution in [0.15, 0.2) is 65.6 Å². The molecular formula is C30H34O7S. The molecule has 4 rings (SSSR count). The highest BCUT2D eigenvalue weighted by Gasteiger charge is 2.42. The largest absolute Gasteiger partial charge is 0.490 e. The Kier molecular flexibility index (Phi) is 8.94. The minimum atomic E-state index is -1.18. The van der Waals surface area contributed by atoms with Crippen molar-refractivity contribution in [3.05, 3.63) is 71.8 Å². The van der Waals surface area contributed by atoms with Gasteiger partial charge in [-0.1, -0.05) is 26.3 Å². The number of carboxylic acid groups (broad SMARTS) is 1. The molecule has 38 heavy (non-hydrogen) atoms. The molecule has 202 valence electrons. The van der Waals surface area contributed by atoms with E-state index in [-0.39, 0.29) is 0 Å². The van der Waals surface area contributed by atoms with Gasteiger partial charge in [0.2, 0.25) is 5.60 Å². The van der Waals surface area contributed by atoms with Crippen LogP contribution in [0.4, 0.5) is 0 Å². The van der Waals surface area contributed by atoms with Crippen LogP contribution in [0, 0.1) is 0 Å². The van der Waals surface area contributed by atoms with Gasteiger partial charge in [-0.05, 0) is 78.9 Å². The fraction of sp³-hybridized carbons (Fsp3) is 0.367. The summed E-state index contributed by atoms with van der Waals surface area (Å²) in [5.74, 6) is 2.41. The second-order valence-electron chi connectivity index (χ2n) is 9.27. The molecule has 3 aromatic carbocycles. The third kappa shape index (κ3) is 6.48. The molecule has 7 nitrogen and oxygen atoms in total. The summed E-state index contributed by atoms with van der Waals surface area (Å²) in [6.45, 7) is 4.61. The van der Waals surface area contributed by atoms with E-state index in [9.17, 15) is 14.1 Å². The lowest BCUT2D eigenvalue weighted by Crippen LogP contribution is -2.46. The number of rotatable bonds is 12. The van der Waals surface area contributed by atoms with Crippen LogP contribution in [0.2, 0.25) is 0 Å². The van der Waals surface area contributed by atoms with Crippen molar-refractivity contribution in [1.29, 1.82) is 0 Å². The molecular weight excluding hydrogens is 504 g/mol. The van der Waals surface area contributed by atoms with Gasteiger partial charge in [-0.3, -0.25) is 4.21 Å². The van der Waals surface area contributed by atoms with E-state index in [1.807, 2.05) is 49.4 Å².